The normalized spacial score (nSPS) is 11.9. The van der Waals surface area contributed by atoms with Crippen molar-refractivity contribution < 1.29 is 18.4 Å². The van der Waals surface area contributed by atoms with Crippen molar-refractivity contribution in [3.63, 3.8) is 0 Å². The summed E-state index contributed by atoms with van der Waals surface area (Å²) in [4.78, 5) is 32.4. The predicted molar refractivity (Wildman–Crippen MR) is 90.0 cm³/mol. The van der Waals surface area contributed by atoms with Crippen LogP contribution in [0, 0.1) is 11.6 Å². The summed E-state index contributed by atoms with van der Waals surface area (Å²) in [6.07, 6.45) is 1.43. The van der Waals surface area contributed by atoms with Crippen LogP contribution in [0.2, 0.25) is 0 Å². The van der Waals surface area contributed by atoms with Gasteiger partial charge in [-0.2, -0.15) is 0 Å². The molecule has 0 bridgehead atoms. The summed E-state index contributed by atoms with van der Waals surface area (Å²) in [5, 5.41) is 2.31. The molecule has 0 aliphatic rings. The molecule has 0 radical (unpaired) electrons. The van der Waals surface area contributed by atoms with Gasteiger partial charge in [-0.15, -0.1) is 0 Å². The molecule has 2 amide bonds. The highest BCUT2D eigenvalue weighted by Crippen LogP contribution is 2.13. The largest absolute Gasteiger partial charge is 0.368 e. The van der Waals surface area contributed by atoms with Gasteiger partial charge in [0.25, 0.3) is 5.91 Å². The van der Waals surface area contributed by atoms with Crippen LogP contribution in [0.4, 0.5) is 8.78 Å². The maximum atomic E-state index is 13.7. The monoisotopic (exact) mass is 356 g/mol. The summed E-state index contributed by atoms with van der Waals surface area (Å²) in [6, 6.07) is 9.20. The number of benzene rings is 2. The second-order valence-corrected chi connectivity index (χ2v) is 5.58. The fourth-order valence-corrected chi connectivity index (χ4v) is 2.44. The number of rotatable bonds is 5. The Labute approximate surface area is 147 Å². The van der Waals surface area contributed by atoms with Crippen molar-refractivity contribution in [3.8, 4) is 0 Å². The zero-order valence-corrected chi connectivity index (χ0v) is 13.4. The molecule has 0 saturated carbocycles. The van der Waals surface area contributed by atoms with Crippen LogP contribution in [0.3, 0.4) is 0 Å². The topological polar surface area (TPSA) is 98.0 Å². The number of nitrogens with zero attached hydrogens (tertiary/aromatic N) is 2. The molecule has 3 rings (SSSR count). The smallest absolute Gasteiger partial charge is 0.255 e. The zero-order chi connectivity index (χ0) is 18.7. The first-order valence-corrected chi connectivity index (χ1v) is 7.70. The van der Waals surface area contributed by atoms with E-state index >= 15 is 0 Å². The molecule has 2 aromatic carbocycles. The summed E-state index contributed by atoms with van der Waals surface area (Å²) >= 11 is 0. The summed E-state index contributed by atoms with van der Waals surface area (Å²) in [7, 11) is 0. The average molecular weight is 356 g/mol. The van der Waals surface area contributed by atoms with Gasteiger partial charge in [0.05, 0.1) is 22.3 Å². The first-order chi connectivity index (χ1) is 12.5. The summed E-state index contributed by atoms with van der Waals surface area (Å²) in [6.45, 7) is 0. The third-order valence-electron chi connectivity index (χ3n) is 3.76. The predicted octanol–water partition coefficient (Wildman–Crippen LogP) is 1.73. The lowest BCUT2D eigenvalue weighted by Crippen LogP contribution is -2.46. The van der Waals surface area contributed by atoms with Gasteiger partial charge >= 0.3 is 0 Å². The summed E-state index contributed by atoms with van der Waals surface area (Å²) < 4.78 is 27.0. The number of aromatic nitrogens is 2. The number of halogens is 2. The lowest BCUT2D eigenvalue weighted by molar-refractivity contribution is -0.119. The Hall–Kier alpha value is -3.42. The van der Waals surface area contributed by atoms with E-state index in [1.54, 1.807) is 18.2 Å². The molecule has 3 aromatic rings. The van der Waals surface area contributed by atoms with Crippen molar-refractivity contribution in [2.45, 2.75) is 12.5 Å². The fourth-order valence-electron chi connectivity index (χ4n) is 2.44. The average Bonchev–Trinajstić information content (AvgIpc) is 2.63. The van der Waals surface area contributed by atoms with Gasteiger partial charge in [-0.25, -0.2) is 13.8 Å². The van der Waals surface area contributed by atoms with Crippen LogP contribution in [0.1, 0.15) is 16.1 Å². The Morgan fingerprint density at radius 2 is 1.81 bits per heavy atom. The molecule has 0 saturated heterocycles. The van der Waals surface area contributed by atoms with Gasteiger partial charge in [0.2, 0.25) is 5.91 Å². The highest BCUT2D eigenvalue weighted by atomic mass is 19.2. The SMILES string of the molecule is NC(=O)[C@@H](Cc1cnc2ccccc2n1)NC(=O)c1cccc(F)c1F. The minimum Gasteiger partial charge on any atom is -0.368 e. The van der Waals surface area contributed by atoms with E-state index in [1.807, 2.05) is 6.07 Å². The molecule has 8 heteroatoms. The van der Waals surface area contributed by atoms with Crippen LogP contribution in [0.25, 0.3) is 11.0 Å². The number of amides is 2. The van der Waals surface area contributed by atoms with Crippen molar-refractivity contribution in [3.05, 3.63) is 71.6 Å². The molecule has 0 aliphatic heterocycles. The van der Waals surface area contributed by atoms with Crippen LogP contribution >= 0.6 is 0 Å². The molecule has 1 atom stereocenters. The molecular formula is C18H14F2N4O2. The first kappa shape index (κ1) is 17.4. The quantitative estimate of drug-likeness (QED) is 0.727. The number of nitrogens with one attached hydrogen (secondary N) is 1. The Bertz CT molecular complexity index is 994. The van der Waals surface area contributed by atoms with E-state index in [9.17, 15) is 18.4 Å². The standard InChI is InChI=1S/C18H14F2N4O2/c19-12-5-3-4-11(16(12)20)18(26)24-15(17(21)25)8-10-9-22-13-6-1-2-7-14(13)23-10/h1-7,9,15H,8H2,(H2,21,25)(H,24,26)/t15-/m1/s1. The van der Waals surface area contributed by atoms with Crippen LogP contribution < -0.4 is 11.1 Å². The molecule has 3 N–H and O–H groups in total. The number of para-hydroxylation sites is 2. The van der Waals surface area contributed by atoms with Crippen LogP contribution in [0.5, 0.6) is 0 Å². The van der Waals surface area contributed by atoms with E-state index < -0.39 is 35.1 Å². The van der Waals surface area contributed by atoms with Gasteiger partial charge in [-0.3, -0.25) is 14.6 Å². The van der Waals surface area contributed by atoms with E-state index in [0.29, 0.717) is 16.7 Å². The van der Waals surface area contributed by atoms with Gasteiger partial charge in [-0.1, -0.05) is 18.2 Å². The van der Waals surface area contributed by atoms with E-state index in [4.69, 9.17) is 5.73 Å². The second-order valence-electron chi connectivity index (χ2n) is 5.58. The zero-order valence-electron chi connectivity index (χ0n) is 13.4. The maximum absolute atomic E-state index is 13.7. The molecule has 0 fully saturated rings. The van der Waals surface area contributed by atoms with Crippen LogP contribution in [0.15, 0.2) is 48.7 Å². The molecule has 0 spiro atoms. The highest BCUT2D eigenvalue weighted by Gasteiger charge is 2.23. The molecule has 1 aromatic heterocycles. The van der Waals surface area contributed by atoms with Crippen LogP contribution in [-0.4, -0.2) is 27.8 Å². The first-order valence-electron chi connectivity index (χ1n) is 7.70. The minimum absolute atomic E-state index is 0.0319. The van der Waals surface area contributed by atoms with Crippen molar-refractivity contribution in [1.82, 2.24) is 15.3 Å². The number of fused-ring (bicyclic) bond motifs is 1. The van der Waals surface area contributed by atoms with Gasteiger partial charge in [0, 0.05) is 12.6 Å². The summed E-state index contributed by atoms with van der Waals surface area (Å²) in [5.41, 5.74) is 6.53. The number of hydrogen-bond acceptors (Lipinski definition) is 4. The molecule has 132 valence electrons. The second kappa shape index (κ2) is 7.22. The molecule has 6 nitrogen and oxygen atoms in total. The Morgan fingerprint density at radius 3 is 2.54 bits per heavy atom. The molecule has 26 heavy (non-hydrogen) atoms. The number of nitrogens with two attached hydrogens (primary N) is 1. The number of carbonyl (C=O) groups excluding carboxylic acids is 2. The Morgan fingerprint density at radius 1 is 1.08 bits per heavy atom. The third-order valence-corrected chi connectivity index (χ3v) is 3.76. The van der Waals surface area contributed by atoms with Crippen molar-refractivity contribution in [2.75, 3.05) is 0 Å². The van der Waals surface area contributed by atoms with Crippen molar-refractivity contribution in [2.24, 2.45) is 5.73 Å². The third kappa shape index (κ3) is 3.64. The highest BCUT2D eigenvalue weighted by molar-refractivity contribution is 5.97. The van der Waals surface area contributed by atoms with E-state index in [-0.39, 0.29) is 6.42 Å². The number of hydrogen-bond donors (Lipinski definition) is 2. The number of primary amides is 1. The van der Waals surface area contributed by atoms with Crippen LogP contribution in [-0.2, 0) is 11.2 Å². The van der Waals surface area contributed by atoms with Crippen molar-refractivity contribution in [1.29, 1.82) is 0 Å². The van der Waals surface area contributed by atoms with E-state index in [1.165, 1.54) is 12.3 Å². The van der Waals surface area contributed by atoms with Crippen molar-refractivity contribution >= 4 is 22.8 Å². The summed E-state index contributed by atoms with van der Waals surface area (Å²) in [5.74, 6) is -4.22. The number of carbonyl (C=O) groups is 2. The molecular weight excluding hydrogens is 342 g/mol. The minimum atomic E-state index is -1.29. The Kier molecular flexibility index (Phi) is 4.83. The van der Waals surface area contributed by atoms with Gasteiger partial charge < -0.3 is 11.1 Å². The fraction of sp³-hybridized carbons (Fsp3) is 0.111. The molecule has 1 heterocycles. The Balaban J connectivity index is 1.81. The lowest BCUT2D eigenvalue weighted by Gasteiger charge is -2.15. The van der Waals surface area contributed by atoms with E-state index in [2.05, 4.69) is 15.3 Å². The lowest BCUT2D eigenvalue weighted by atomic mass is 10.1. The van der Waals surface area contributed by atoms with Gasteiger partial charge in [-0.05, 0) is 24.3 Å². The molecule has 0 unspecified atom stereocenters. The van der Waals surface area contributed by atoms with Gasteiger partial charge in [0.15, 0.2) is 11.6 Å². The van der Waals surface area contributed by atoms with Gasteiger partial charge in [0.1, 0.15) is 6.04 Å². The van der Waals surface area contributed by atoms with E-state index in [0.717, 1.165) is 12.1 Å². The maximum Gasteiger partial charge on any atom is 0.255 e. The molecule has 0 aliphatic carbocycles.